The van der Waals surface area contributed by atoms with Crippen molar-refractivity contribution in [2.75, 3.05) is 17.2 Å². The molecule has 22 heavy (non-hydrogen) atoms. The fourth-order valence-corrected chi connectivity index (χ4v) is 2.12. The van der Waals surface area contributed by atoms with Gasteiger partial charge in [-0.3, -0.25) is 0 Å². The van der Waals surface area contributed by atoms with E-state index in [1.54, 1.807) is 6.33 Å². The summed E-state index contributed by atoms with van der Waals surface area (Å²) in [6.45, 7) is 9.76. The number of benzene rings is 1. The van der Waals surface area contributed by atoms with Gasteiger partial charge < -0.3 is 10.6 Å². The van der Waals surface area contributed by atoms with Gasteiger partial charge in [0.25, 0.3) is 0 Å². The topological polar surface area (TPSA) is 49.8 Å². The van der Waals surface area contributed by atoms with E-state index in [-0.39, 0.29) is 5.41 Å². The van der Waals surface area contributed by atoms with Crippen LogP contribution in [0.2, 0.25) is 0 Å². The van der Waals surface area contributed by atoms with Crippen molar-refractivity contribution < 1.29 is 0 Å². The summed E-state index contributed by atoms with van der Waals surface area (Å²) in [6.07, 6.45) is 3.89. The number of nitrogens with one attached hydrogen (secondary N) is 2. The summed E-state index contributed by atoms with van der Waals surface area (Å²) in [4.78, 5) is 8.51. The van der Waals surface area contributed by atoms with Crippen LogP contribution >= 0.6 is 0 Å². The molecule has 0 aliphatic rings. The highest BCUT2D eigenvalue weighted by Crippen LogP contribution is 2.24. The first-order valence-corrected chi connectivity index (χ1v) is 7.92. The summed E-state index contributed by atoms with van der Waals surface area (Å²) in [6, 6.07) is 10.4. The molecule has 1 heterocycles. The van der Waals surface area contributed by atoms with Crippen molar-refractivity contribution in [1.82, 2.24) is 9.97 Å². The summed E-state index contributed by atoms with van der Waals surface area (Å²) in [7, 11) is 0. The normalized spacial score (nSPS) is 11.3. The molecule has 0 radical (unpaired) electrons. The van der Waals surface area contributed by atoms with Crippen LogP contribution in [0, 0.1) is 0 Å². The van der Waals surface area contributed by atoms with Crippen LogP contribution in [0.1, 0.15) is 46.1 Å². The van der Waals surface area contributed by atoms with Crippen molar-refractivity contribution in [3.05, 3.63) is 42.2 Å². The van der Waals surface area contributed by atoms with Crippen molar-refractivity contribution in [2.24, 2.45) is 0 Å². The van der Waals surface area contributed by atoms with Gasteiger partial charge >= 0.3 is 0 Å². The number of hydrogen-bond donors (Lipinski definition) is 2. The second-order valence-corrected chi connectivity index (χ2v) is 6.52. The minimum Gasteiger partial charge on any atom is -0.370 e. The van der Waals surface area contributed by atoms with Crippen LogP contribution in [0.3, 0.4) is 0 Å². The first kappa shape index (κ1) is 16.3. The molecule has 0 aliphatic heterocycles. The maximum atomic E-state index is 4.27. The van der Waals surface area contributed by atoms with Gasteiger partial charge in [0.05, 0.1) is 0 Å². The molecule has 2 aromatic rings. The first-order valence-electron chi connectivity index (χ1n) is 7.92. The van der Waals surface area contributed by atoms with Crippen LogP contribution < -0.4 is 10.6 Å². The molecular formula is C18H26N4. The molecule has 4 nitrogen and oxygen atoms in total. The molecule has 0 amide bonds. The number of anilines is 3. The molecule has 0 spiro atoms. The van der Waals surface area contributed by atoms with E-state index in [1.165, 1.54) is 12.0 Å². The predicted octanol–water partition coefficient (Wildman–Crippen LogP) is 4.73. The van der Waals surface area contributed by atoms with Crippen molar-refractivity contribution in [2.45, 2.75) is 46.0 Å². The van der Waals surface area contributed by atoms with Gasteiger partial charge in [-0.25, -0.2) is 9.97 Å². The lowest BCUT2D eigenvalue weighted by atomic mass is 9.87. The van der Waals surface area contributed by atoms with Crippen molar-refractivity contribution in [3.63, 3.8) is 0 Å². The zero-order valence-corrected chi connectivity index (χ0v) is 14.0. The Hall–Kier alpha value is -2.10. The van der Waals surface area contributed by atoms with E-state index in [9.17, 15) is 0 Å². The smallest absolute Gasteiger partial charge is 0.135 e. The molecule has 0 atom stereocenters. The Morgan fingerprint density at radius 1 is 1.00 bits per heavy atom. The molecule has 0 bridgehead atoms. The van der Waals surface area contributed by atoms with Crippen molar-refractivity contribution in [3.8, 4) is 0 Å². The summed E-state index contributed by atoms with van der Waals surface area (Å²) >= 11 is 0. The van der Waals surface area contributed by atoms with E-state index >= 15 is 0 Å². The van der Waals surface area contributed by atoms with Crippen molar-refractivity contribution >= 4 is 17.3 Å². The average Bonchev–Trinajstić information content (AvgIpc) is 2.48. The van der Waals surface area contributed by atoms with Gasteiger partial charge in [0, 0.05) is 18.3 Å². The van der Waals surface area contributed by atoms with Gasteiger partial charge in [-0.2, -0.15) is 0 Å². The third-order valence-corrected chi connectivity index (χ3v) is 3.53. The lowest BCUT2D eigenvalue weighted by Gasteiger charge is -2.19. The number of rotatable bonds is 6. The van der Waals surface area contributed by atoms with Crippen LogP contribution in [0.4, 0.5) is 17.3 Å². The summed E-state index contributed by atoms with van der Waals surface area (Å²) < 4.78 is 0. The highest BCUT2D eigenvalue weighted by atomic mass is 15.1. The second kappa shape index (κ2) is 7.25. The van der Waals surface area contributed by atoms with E-state index in [4.69, 9.17) is 0 Å². The van der Waals surface area contributed by atoms with Gasteiger partial charge in [-0.1, -0.05) is 46.2 Å². The lowest BCUT2D eigenvalue weighted by Crippen LogP contribution is -2.10. The van der Waals surface area contributed by atoms with Gasteiger partial charge in [-0.05, 0) is 29.5 Å². The molecular weight excluding hydrogens is 272 g/mol. The van der Waals surface area contributed by atoms with Gasteiger partial charge in [0.15, 0.2) is 0 Å². The Balaban J connectivity index is 2.02. The lowest BCUT2D eigenvalue weighted by molar-refractivity contribution is 0.590. The van der Waals surface area contributed by atoms with Crippen LogP contribution in [0.25, 0.3) is 0 Å². The molecule has 0 fully saturated rings. The van der Waals surface area contributed by atoms with Gasteiger partial charge in [0.1, 0.15) is 18.0 Å². The highest BCUT2D eigenvalue weighted by Gasteiger charge is 2.12. The van der Waals surface area contributed by atoms with E-state index in [2.05, 4.69) is 72.6 Å². The molecule has 0 saturated heterocycles. The molecule has 0 unspecified atom stereocenters. The van der Waals surface area contributed by atoms with E-state index < -0.39 is 0 Å². The summed E-state index contributed by atoms with van der Waals surface area (Å²) in [5.74, 6) is 1.66. The van der Waals surface area contributed by atoms with Gasteiger partial charge in [0.2, 0.25) is 0 Å². The van der Waals surface area contributed by atoms with E-state index in [0.717, 1.165) is 30.3 Å². The molecule has 118 valence electrons. The number of hydrogen-bond acceptors (Lipinski definition) is 4. The summed E-state index contributed by atoms with van der Waals surface area (Å²) in [5, 5.41) is 6.63. The third-order valence-electron chi connectivity index (χ3n) is 3.53. The third kappa shape index (κ3) is 4.72. The molecule has 0 aliphatic carbocycles. The number of unbranched alkanes of at least 4 members (excludes halogenated alkanes) is 1. The molecule has 2 rings (SSSR count). The minimum atomic E-state index is 0.170. The van der Waals surface area contributed by atoms with Crippen molar-refractivity contribution in [1.29, 1.82) is 0 Å². The zero-order chi connectivity index (χ0) is 16.0. The van der Waals surface area contributed by atoms with Gasteiger partial charge in [-0.15, -0.1) is 0 Å². The maximum absolute atomic E-state index is 4.27. The monoisotopic (exact) mass is 298 g/mol. The average molecular weight is 298 g/mol. The van der Waals surface area contributed by atoms with E-state index in [0.29, 0.717) is 0 Å². The molecule has 0 saturated carbocycles. The number of nitrogens with zero attached hydrogens (tertiary/aromatic N) is 2. The Kier molecular flexibility index (Phi) is 5.36. The van der Waals surface area contributed by atoms with Crippen LogP contribution in [0.15, 0.2) is 36.7 Å². The predicted molar refractivity (Wildman–Crippen MR) is 93.9 cm³/mol. The fraction of sp³-hybridized carbons (Fsp3) is 0.444. The first-order chi connectivity index (χ1) is 10.5. The van der Waals surface area contributed by atoms with Crippen LogP contribution in [-0.4, -0.2) is 16.5 Å². The molecule has 2 N–H and O–H groups in total. The second-order valence-electron chi connectivity index (χ2n) is 6.52. The minimum absolute atomic E-state index is 0.170. The standard InChI is InChI=1S/C18H26N4/c1-5-6-11-19-16-12-17(21-13-20-16)22-15-9-7-14(8-10-15)18(2,3)4/h7-10,12-13H,5-6,11H2,1-4H3,(H2,19,20,21,22). The molecule has 1 aromatic heterocycles. The maximum Gasteiger partial charge on any atom is 0.135 e. The van der Waals surface area contributed by atoms with Crippen LogP contribution in [0.5, 0.6) is 0 Å². The van der Waals surface area contributed by atoms with Crippen LogP contribution in [-0.2, 0) is 5.41 Å². The zero-order valence-electron chi connectivity index (χ0n) is 14.0. The highest BCUT2D eigenvalue weighted by molar-refractivity contribution is 5.59. The Bertz CT molecular complexity index is 585. The molecule has 1 aromatic carbocycles. The fourth-order valence-electron chi connectivity index (χ4n) is 2.12. The SMILES string of the molecule is CCCCNc1cc(Nc2ccc(C(C)(C)C)cc2)ncn1. The number of aromatic nitrogens is 2. The summed E-state index contributed by atoms with van der Waals surface area (Å²) in [5.41, 5.74) is 2.53. The van der Waals surface area contributed by atoms with E-state index in [1.807, 2.05) is 6.07 Å². The quantitative estimate of drug-likeness (QED) is 0.757. The molecule has 4 heteroatoms. The Morgan fingerprint density at radius 2 is 1.68 bits per heavy atom. The Labute approximate surface area is 133 Å². The Morgan fingerprint density at radius 3 is 2.32 bits per heavy atom. The largest absolute Gasteiger partial charge is 0.370 e.